The first-order valence-electron chi connectivity index (χ1n) is 6.52. The van der Waals surface area contributed by atoms with Crippen LogP contribution in [0.25, 0.3) is 10.2 Å². The maximum atomic E-state index is 12.0. The van der Waals surface area contributed by atoms with E-state index in [4.69, 9.17) is 0 Å². The Morgan fingerprint density at radius 1 is 1.00 bits per heavy atom. The summed E-state index contributed by atoms with van der Waals surface area (Å²) in [5, 5.41) is 1.73. The standard InChI is InChI=1S/C17H12BrNO2/c18-17-14-9-5-4-8-13(14)15(16(21)11-20)10-19(17)12-6-2-1-3-7-12/h1-9,11H,10H2. The Morgan fingerprint density at radius 2 is 1.62 bits per heavy atom. The van der Waals surface area contributed by atoms with Gasteiger partial charge in [-0.3, -0.25) is 9.59 Å². The number of hydrogen-bond acceptors (Lipinski definition) is 3. The molecule has 0 bridgehead atoms. The predicted molar refractivity (Wildman–Crippen MR) is 86.3 cm³/mol. The van der Waals surface area contributed by atoms with Crippen molar-refractivity contribution in [3.63, 3.8) is 0 Å². The minimum Gasteiger partial charge on any atom is -0.331 e. The predicted octanol–water partition coefficient (Wildman–Crippen LogP) is 1.59. The molecule has 0 atom stereocenters. The fourth-order valence-corrected chi connectivity index (χ4v) is 3.15. The fourth-order valence-electron chi connectivity index (χ4n) is 2.48. The van der Waals surface area contributed by atoms with Crippen LogP contribution < -0.4 is 15.3 Å². The van der Waals surface area contributed by atoms with Crippen LogP contribution in [0.5, 0.6) is 0 Å². The first kappa shape index (κ1) is 13.8. The monoisotopic (exact) mass is 341 g/mol. The summed E-state index contributed by atoms with van der Waals surface area (Å²) >= 11 is 3.62. The molecule has 0 unspecified atom stereocenters. The van der Waals surface area contributed by atoms with Crippen LogP contribution in [-0.4, -0.2) is 18.6 Å². The molecule has 21 heavy (non-hydrogen) atoms. The molecule has 0 aromatic heterocycles. The zero-order chi connectivity index (χ0) is 14.8. The van der Waals surface area contributed by atoms with Crippen LogP contribution in [0.2, 0.25) is 0 Å². The van der Waals surface area contributed by atoms with Gasteiger partial charge in [0.25, 0.3) is 0 Å². The maximum absolute atomic E-state index is 12.0. The van der Waals surface area contributed by atoms with Crippen molar-refractivity contribution in [2.75, 3.05) is 11.4 Å². The van der Waals surface area contributed by atoms with Crippen molar-refractivity contribution in [1.29, 1.82) is 0 Å². The van der Waals surface area contributed by atoms with Gasteiger partial charge < -0.3 is 4.90 Å². The summed E-state index contributed by atoms with van der Waals surface area (Å²) in [7, 11) is 0. The fraction of sp³-hybridized carbons (Fsp3) is 0.0588. The second-order valence-electron chi connectivity index (χ2n) is 4.72. The molecule has 0 aliphatic carbocycles. The molecule has 3 nitrogen and oxygen atoms in total. The Kier molecular flexibility index (Phi) is 3.71. The summed E-state index contributed by atoms with van der Waals surface area (Å²) in [5.74, 6) is -0.469. The normalized spacial score (nSPS) is 13.9. The number of fused-ring (bicyclic) bond motifs is 1. The molecule has 0 saturated carbocycles. The Labute approximate surface area is 130 Å². The molecule has 4 heteroatoms. The number of nitrogens with zero attached hydrogens (tertiary/aromatic N) is 1. The zero-order valence-corrected chi connectivity index (χ0v) is 12.7. The largest absolute Gasteiger partial charge is 0.331 e. The molecule has 2 aromatic carbocycles. The number of para-hydroxylation sites is 1. The van der Waals surface area contributed by atoms with Crippen molar-refractivity contribution in [3.05, 3.63) is 65.0 Å². The molecule has 0 saturated heterocycles. The average molecular weight is 342 g/mol. The second-order valence-corrected chi connectivity index (χ2v) is 5.47. The van der Waals surface area contributed by atoms with E-state index in [0.29, 0.717) is 18.4 Å². The van der Waals surface area contributed by atoms with Gasteiger partial charge in [0.1, 0.15) is 0 Å². The van der Waals surface area contributed by atoms with E-state index in [1.54, 1.807) is 0 Å². The molecule has 1 heterocycles. The highest BCUT2D eigenvalue weighted by atomic mass is 79.9. The highest BCUT2D eigenvalue weighted by molar-refractivity contribution is 9.15. The number of ketones is 1. The first-order valence-corrected chi connectivity index (χ1v) is 7.32. The number of aldehydes is 1. The van der Waals surface area contributed by atoms with Crippen molar-refractivity contribution >= 4 is 43.9 Å². The van der Waals surface area contributed by atoms with Crippen molar-refractivity contribution < 1.29 is 9.59 Å². The zero-order valence-electron chi connectivity index (χ0n) is 11.1. The van der Waals surface area contributed by atoms with Gasteiger partial charge in [-0.25, -0.2) is 0 Å². The summed E-state index contributed by atoms with van der Waals surface area (Å²) in [4.78, 5) is 24.9. The van der Waals surface area contributed by atoms with Crippen LogP contribution in [0.1, 0.15) is 0 Å². The smallest absolute Gasteiger partial charge is 0.223 e. The van der Waals surface area contributed by atoms with Crippen LogP contribution in [0.4, 0.5) is 5.69 Å². The minimum absolute atomic E-state index is 0.374. The Bertz CT molecular complexity index is 827. The van der Waals surface area contributed by atoms with Gasteiger partial charge in [0.05, 0.1) is 11.2 Å². The van der Waals surface area contributed by atoms with Crippen molar-refractivity contribution in [3.8, 4) is 0 Å². The lowest BCUT2D eigenvalue weighted by Crippen LogP contribution is -2.43. The third kappa shape index (κ3) is 2.43. The molecule has 0 spiro atoms. The number of carbonyl (C=O) groups excluding carboxylic acids is 2. The molecule has 3 rings (SSSR count). The summed E-state index contributed by atoms with van der Waals surface area (Å²) in [6.45, 7) is 0.374. The SMILES string of the molecule is O=CC(=O)C1=c2ccccc2=C(Br)N(c2ccccc2)C1. The van der Waals surface area contributed by atoms with Crippen LogP contribution in [-0.2, 0) is 9.59 Å². The van der Waals surface area contributed by atoms with E-state index in [1.807, 2.05) is 59.5 Å². The Hall–Kier alpha value is -2.20. The van der Waals surface area contributed by atoms with Crippen LogP contribution >= 0.6 is 15.9 Å². The van der Waals surface area contributed by atoms with Gasteiger partial charge in [0, 0.05) is 16.5 Å². The lowest BCUT2D eigenvalue weighted by atomic mass is 10.0. The van der Waals surface area contributed by atoms with Crippen molar-refractivity contribution in [2.24, 2.45) is 0 Å². The lowest BCUT2D eigenvalue weighted by Gasteiger charge is -2.28. The van der Waals surface area contributed by atoms with Gasteiger partial charge >= 0.3 is 0 Å². The van der Waals surface area contributed by atoms with Gasteiger partial charge in [-0.15, -0.1) is 0 Å². The molecule has 104 valence electrons. The maximum Gasteiger partial charge on any atom is 0.223 e. The van der Waals surface area contributed by atoms with Crippen LogP contribution in [0.3, 0.4) is 0 Å². The molecule has 0 fully saturated rings. The second kappa shape index (κ2) is 5.66. The van der Waals surface area contributed by atoms with Gasteiger partial charge in [0.15, 0.2) is 6.29 Å². The first-order chi connectivity index (χ1) is 10.2. The quantitative estimate of drug-likeness (QED) is 0.483. The third-order valence-corrected chi connectivity index (χ3v) is 4.36. The van der Waals surface area contributed by atoms with Crippen molar-refractivity contribution in [1.82, 2.24) is 0 Å². The van der Waals surface area contributed by atoms with E-state index in [1.165, 1.54) is 0 Å². The van der Waals surface area contributed by atoms with Crippen molar-refractivity contribution in [2.45, 2.75) is 0 Å². The van der Waals surface area contributed by atoms with Gasteiger partial charge in [0.2, 0.25) is 5.78 Å². The Balaban J connectivity index is 2.28. The molecule has 2 aromatic rings. The highest BCUT2D eigenvalue weighted by Gasteiger charge is 2.22. The molecule has 0 amide bonds. The molecular weight excluding hydrogens is 330 g/mol. The average Bonchev–Trinajstić information content (AvgIpc) is 2.55. The van der Waals surface area contributed by atoms with E-state index in [-0.39, 0.29) is 0 Å². The number of Topliss-reactive ketones (excluding diaryl/α,β-unsaturated/α-hetero) is 1. The molecule has 1 aliphatic rings. The molecular formula is C17H12BrNO2. The van der Waals surface area contributed by atoms with E-state index >= 15 is 0 Å². The third-order valence-electron chi connectivity index (χ3n) is 3.50. The number of halogens is 1. The van der Waals surface area contributed by atoms with Gasteiger partial charge in [-0.05, 0) is 33.3 Å². The van der Waals surface area contributed by atoms with Gasteiger partial charge in [-0.2, -0.15) is 0 Å². The topological polar surface area (TPSA) is 37.4 Å². The minimum atomic E-state index is -0.469. The molecule has 1 aliphatic heterocycles. The number of anilines is 1. The number of carbonyl (C=O) groups is 2. The van der Waals surface area contributed by atoms with E-state index in [9.17, 15) is 9.59 Å². The number of hydrogen-bond donors (Lipinski definition) is 0. The van der Waals surface area contributed by atoms with Gasteiger partial charge in [-0.1, -0.05) is 42.5 Å². The number of rotatable bonds is 3. The van der Waals surface area contributed by atoms with Crippen LogP contribution in [0.15, 0.2) is 54.6 Å². The number of benzene rings is 2. The van der Waals surface area contributed by atoms with E-state index in [2.05, 4.69) is 15.9 Å². The highest BCUT2D eigenvalue weighted by Crippen LogP contribution is 2.25. The molecule has 0 N–H and O–H groups in total. The van der Waals surface area contributed by atoms with E-state index in [0.717, 1.165) is 20.7 Å². The molecule has 0 radical (unpaired) electrons. The summed E-state index contributed by atoms with van der Waals surface area (Å²) in [6.07, 6.45) is 0.383. The van der Waals surface area contributed by atoms with Crippen LogP contribution in [0, 0.1) is 0 Å². The summed E-state index contributed by atoms with van der Waals surface area (Å²) in [5.41, 5.74) is 1.49. The Morgan fingerprint density at radius 3 is 2.29 bits per heavy atom. The summed E-state index contributed by atoms with van der Waals surface area (Å²) < 4.78 is 0.895. The lowest BCUT2D eigenvalue weighted by molar-refractivity contribution is -0.126. The summed E-state index contributed by atoms with van der Waals surface area (Å²) in [6, 6.07) is 17.4. The van der Waals surface area contributed by atoms with E-state index < -0.39 is 5.78 Å².